The van der Waals surface area contributed by atoms with Crippen molar-refractivity contribution in [2.45, 2.75) is 45.8 Å². The predicted molar refractivity (Wildman–Crippen MR) is 133 cm³/mol. The Morgan fingerprint density at radius 3 is 2.22 bits per heavy atom. The highest BCUT2D eigenvalue weighted by molar-refractivity contribution is 6.00. The molecule has 2 unspecified atom stereocenters. The number of carbonyl (C=O) groups is 2. The van der Waals surface area contributed by atoms with E-state index >= 15 is 0 Å². The third-order valence-corrected chi connectivity index (χ3v) is 5.78. The fraction of sp³-hybridized carbons (Fsp3) is 0.333. The van der Waals surface area contributed by atoms with Crippen LogP contribution in [0.4, 0.5) is 5.69 Å². The molecule has 2 atom stereocenters. The number of nitrogens with zero attached hydrogens (tertiary/aromatic N) is 1. The van der Waals surface area contributed by atoms with Crippen molar-refractivity contribution in [3.8, 4) is 0 Å². The molecule has 1 heterocycles. The van der Waals surface area contributed by atoms with E-state index in [-0.39, 0.29) is 23.4 Å². The van der Waals surface area contributed by atoms with Gasteiger partial charge in [0.15, 0.2) is 0 Å². The minimum absolute atomic E-state index is 0.0632. The van der Waals surface area contributed by atoms with Crippen molar-refractivity contribution in [1.29, 1.82) is 0 Å². The molecule has 0 radical (unpaired) electrons. The van der Waals surface area contributed by atoms with Gasteiger partial charge in [-0.1, -0.05) is 42.5 Å². The van der Waals surface area contributed by atoms with Gasteiger partial charge in [0.05, 0.1) is 28.1 Å². The summed E-state index contributed by atoms with van der Waals surface area (Å²) in [5, 5.41) is 14.5. The molecule has 190 valence electrons. The van der Waals surface area contributed by atoms with Gasteiger partial charge in [0, 0.05) is 30.6 Å². The minimum atomic E-state index is -0.928. The van der Waals surface area contributed by atoms with E-state index in [1.54, 1.807) is 33.8 Å². The van der Waals surface area contributed by atoms with Crippen LogP contribution in [0.5, 0.6) is 0 Å². The molecule has 2 aromatic carbocycles. The topological polar surface area (TPSA) is 117 Å². The van der Waals surface area contributed by atoms with Crippen molar-refractivity contribution in [2.24, 2.45) is 0 Å². The number of dihydropyridines is 1. The quantitative estimate of drug-likeness (QED) is 0.303. The average molecular weight is 495 g/mol. The first-order valence-corrected chi connectivity index (χ1v) is 11.5. The highest BCUT2D eigenvalue weighted by atomic mass is 16.6. The number of hydrogen-bond acceptors (Lipinski definition) is 8. The smallest absolute Gasteiger partial charge is 0.337 e. The molecular weight excluding hydrogens is 464 g/mol. The van der Waals surface area contributed by atoms with Crippen LogP contribution in [0.2, 0.25) is 0 Å². The molecule has 36 heavy (non-hydrogen) atoms. The molecular formula is C27H30N2O7. The van der Waals surface area contributed by atoms with Crippen LogP contribution in [0.3, 0.4) is 0 Å². The third kappa shape index (κ3) is 5.98. The number of allylic oxidation sites excluding steroid dienone is 2. The summed E-state index contributed by atoms with van der Waals surface area (Å²) in [6, 6.07) is 15.2. The molecule has 0 fully saturated rings. The van der Waals surface area contributed by atoms with Crippen molar-refractivity contribution >= 4 is 17.6 Å². The van der Waals surface area contributed by atoms with E-state index in [1.165, 1.54) is 25.3 Å². The molecule has 9 nitrogen and oxygen atoms in total. The molecule has 0 bridgehead atoms. The molecule has 0 aliphatic carbocycles. The van der Waals surface area contributed by atoms with E-state index in [2.05, 4.69) is 5.32 Å². The van der Waals surface area contributed by atoms with E-state index in [9.17, 15) is 19.7 Å². The Morgan fingerprint density at radius 2 is 1.64 bits per heavy atom. The second kappa shape index (κ2) is 11.6. The van der Waals surface area contributed by atoms with Crippen molar-refractivity contribution in [2.75, 3.05) is 13.7 Å². The number of methoxy groups -OCH3 is 1. The number of esters is 2. The highest BCUT2D eigenvalue weighted by Gasteiger charge is 2.39. The van der Waals surface area contributed by atoms with Gasteiger partial charge in [0.25, 0.3) is 5.69 Å². The number of benzene rings is 2. The monoisotopic (exact) mass is 494 g/mol. The Kier molecular flexibility index (Phi) is 8.60. The van der Waals surface area contributed by atoms with E-state index in [0.29, 0.717) is 17.0 Å². The van der Waals surface area contributed by atoms with Crippen LogP contribution in [0, 0.1) is 10.1 Å². The van der Waals surface area contributed by atoms with Crippen LogP contribution in [-0.4, -0.2) is 36.7 Å². The summed E-state index contributed by atoms with van der Waals surface area (Å²) < 4.78 is 16.6. The van der Waals surface area contributed by atoms with Crippen LogP contribution in [0.25, 0.3) is 0 Å². The number of nitro groups is 1. The summed E-state index contributed by atoms with van der Waals surface area (Å²) in [4.78, 5) is 37.6. The molecule has 1 aliphatic rings. The van der Waals surface area contributed by atoms with Gasteiger partial charge in [0.2, 0.25) is 0 Å². The Bertz CT molecular complexity index is 1200. The summed E-state index contributed by atoms with van der Waals surface area (Å²) in [5.74, 6) is -2.22. The van der Waals surface area contributed by atoms with Crippen LogP contribution in [0.15, 0.2) is 77.1 Å². The Hall–Kier alpha value is -3.98. The number of hydrogen-bond donors (Lipinski definition) is 1. The summed E-state index contributed by atoms with van der Waals surface area (Å²) in [6.07, 6.45) is -0.897. The van der Waals surface area contributed by atoms with Crippen LogP contribution in [0.1, 0.15) is 50.8 Å². The molecule has 0 aromatic heterocycles. The molecule has 9 heteroatoms. The van der Waals surface area contributed by atoms with Crippen molar-refractivity contribution in [3.05, 3.63) is 98.4 Å². The molecule has 2 aromatic rings. The Labute approximate surface area is 209 Å². The van der Waals surface area contributed by atoms with Gasteiger partial charge in [-0.05, 0) is 38.8 Å². The number of nitrogens with one attached hydrogen (secondary N) is 1. The third-order valence-electron chi connectivity index (χ3n) is 5.78. The summed E-state index contributed by atoms with van der Waals surface area (Å²) in [6.45, 7) is 6.77. The zero-order valence-corrected chi connectivity index (χ0v) is 20.9. The van der Waals surface area contributed by atoms with Gasteiger partial charge < -0.3 is 19.5 Å². The van der Waals surface area contributed by atoms with Gasteiger partial charge in [-0.25, -0.2) is 9.59 Å². The molecule has 1 N–H and O–H groups in total. The Balaban J connectivity index is 2.01. The maximum absolute atomic E-state index is 13.5. The van der Waals surface area contributed by atoms with Crippen molar-refractivity contribution in [3.63, 3.8) is 0 Å². The first-order chi connectivity index (χ1) is 17.1. The zero-order valence-electron chi connectivity index (χ0n) is 20.9. The first kappa shape index (κ1) is 26.6. The van der Waals surface area contributed by atoms with Gasteiger partial charge in [-0.2, -0.15) is 0 Å². The maximum atomic E-state index is 13.5. The second-order valence-corrected chi connectivity index (χ2v) is 8.68. The fourth-order valence-electron chi connectivity index (χ4n) is 4.16. The number of non-ortho nitro benzene ring substituents is 1. The van der Waals surface area contributed by atoms with E-state index < -0.39 is 35.0 Å². The lowest BCUT2D eigenvalue weighted by Crippen LogP contribution is -2.33. The first-order valence-electron chi connectivity index (χ1n) is 11.5. The SMILES string of the molecule is COC(COC(=O)C1=C(C)NC(C)=C(C(=O)OC(C)C)C1c1cccc([N+](=O)[O-])c1)c1ccccc1. The molecule has 0 amide bonds. The Morgan fingerprint density at radius 1 is 1.00 bits per heavy atom. The largest absolute Gasteiger partial charge is 0.460 e. The van der Waals surface area contributed by atoms with Gasteiger partial charge in [-0.15, -0.1) is 0 Å². The highest BCUT2D eigenvalue weighted by Crippen LogP contribution is 2.40. The normalized spacial score (nSPS) is 16.4. The lowest BCUT2D eigenvalue weighted by atomic mass is 9.80. The van der Waals surface area contributed by atoms with Crippen LogP contribution < -0.4 is 5.32 Å². The summed E-state index contributed by atoms with van der Waals surface area (Å²) in [5.41, 5.74) is 2.40. The lowest BCUT2D eigenvalue weighted by molar-refractivity contribution is -0.384. The zero-order chi connectivity index (χ0) is 26.4. The number of carbonyl (C=O) groups excluding carboxylic acids is 2. The van der Waals surface area contributed by atoms with Gasteiger partial charge in [0.1, 0.15) is 12.7 Å². The van der Waals surface area contributed by atoms with Gasteiger partial charge in [-0.3, -0.25) is 10.1 Å². The van der Waals surface area contributed by atoms with E-state index in [0.717, 1.165) is 5.56 Å². The minimum Gasteiger partial charge on any atom is -0.460 e. The van der Waals surface area contributed by atoms with Crippen molar-refractivity contribution < 1.29 is 28.7 Å². The second-order valence-electron chi connectivity index (χ2n) is 8.68. The molecule has 1 aliphatic heterocycles. The average Bonchev–Trinajstić information content (AvgIpc) is 2.84. The summed E-state index contributed by atoms with van der Waals surface area (Å²) >= 11 is 0. The maximum Gasteiger partial charge on any atom is 0.337 e. The number of rotatable bonds is 9. The fourth-order valence-corrected chi connectivity index (χ4v) is 4.16. The van der Waals surface area contributed by atoms with Crippen molar-refractivity contribution in [1.82, 2.24) is 5.32 Å². The predicted octanol–water partition coefficient (Wildman–Crippen LogP) is 4.71. The standard InChI is InChI=1S/C27H30N2O7/c1-16(2)36-27(31)24-18(4)28-17(3)23(25(24)20-12-9-13-21(14-20)29(32)33)26(30)35-15-22(34-5)19-10-7-6-8-11-19/h6-14,16,22,25,28H,15H2,1-5H3. The van der Waals surface area contributed by atoms with E-state index in [1.807, 2.05) is 30.3 Å². The summed E-state index contributed by atoms with van der Waals surface area (Å²) in [7, 11) is 1.52. The number of nitro benzene ring substituents is 1. The van der Waals surface area contributed by atoms with Crippen LogP contribution in [-0.2, 0) is 23.8 Å². The molecule has 0 spiro atoms. The van der Waals surface area contributed by atoms with Gasteiger partial charge >= 0.3 is 11.9 Å². The molecule has 0 saturated carbocycles. The molecule has 3 rings (SSSR count). The molecule has 0 saturated heterocycles. The van der Waals surface area contributed by atoms with E-state index in [4.69, 9.17) is 14.2 Å². The lowest BCUT2D eigenvalue weighted by Gasteiger charge is -2.31. The number of ether oxygens (including phenoxy) is 3. The van der Waals surface area contributed by atoms with Crippen LogP contribution >= 0.6 is 0 Å².